The first-order valence-electron chi connectivity index (χ1n) is 13.6. The van der Waals surface area contributed by atoms with Crippen LogP contribution in [0.25, 0.3) is 11.1 Å². The number of aliphatic carboxylic acids is 1. The van der Waals surface area contributed by atoms with Gasteiger partial charge in [0.05, 0.1) is 6.61 Å². The summed E-state index contributed by atoms with van der Waals surface area (Å²) in [4.78, 5) is 23.5. The third kappa shape index (κ3) is 8.26. The van der Waals surface area contributed by atoms with Gasteiger partial charge in [0.25, 0.3) is 0 Å². The molecule has 3 N–H and O–H groups in total. The van der Waals surface area contributed by atoms with Crippen molar-refractivity contribution in [3.63, 3.8) is 0 Å². The number of aryl methyl sites for hydroxylation is 2. The number of rotatable bonds is 15. The lowest BCUT2D eigenvalue weighted by molar-refractivity contribution is -0.138. The van der Waals surface area contributed by atoms with Crippen LogP contribution >= 0.6 is 0 Å². The molecule has 8 nitrogen and oxygen atoms in total. The highest BCUT2D eigenvalue weighted by Crippen LogP contribution is 2.21. The van der Waals surface area contributed by atoms with Crippen LogP contribution in [0.1, 0.15) is 36.9 Å². The molecule has 3 aromatic rings. The first kappa shape index (κ1) is 27.5. The maximum absolute atomic E-state index is 12.0. The molecule has 8 heteroatoms. The highest BCUT2D eigenvalue weighted by molar-refractivity contribution is 5.77. The van der Waals surface area contributed by atoms with Crippen LogP contribution in [0.2, 0.25) is 0 Å². The van der Waals surface area contributed by atoms with Gasteiger partial charge in [-0.15, -0.1) is 0 Å². The van der Waals surface area contributed by atoms with E-state index in [2.05, 4.69) is 32.7 Å². The number of aromatic nitrogens is 2. The van der Waals surface area contributed by atoms with Crippen LogP contribution in [-0.4, -0.2) is 71.9 Å². The van der Waals surface area contributed by atoms with Crippen LogP contribution in [0.4, 0.5) is 11.6 Å². The minimum atomic E-state index is -0.877. The second kappa shape index (κ2) is 14.4. The van der Waals surface area contributed by atoms with Gasteiger partial charge in [-0.2, -0.15) is 0 Å². The Morgan fingerprint density at radius 2 is 1.95 bits per heavy atom. The van der Waals surface area contributed by atoms with Gasteiger partial charge in [-0.1, -0.05) is 36.4 Å². The SMILES string of the molecule is COCCN(CCCCc1ccc2c(n1)NCCC2)CC[C@H](Nc1ccc(-c2ccccc2)cn1)C(=O)O. The molecule has 0 saturated carbocycles. The number of carboxylic acids is 1. The fourth-order valence-corrected chi connectivity index (χ4v) is 4.73. The summed E-state index contributed by atoms with van der Waals surface area (Å²) in [6, 6.07) is 17.4. The summed E-state index contributed by atoms with van der Waals surface area (Å²) in [5, 5.41) is 16.3. The standard InChI is InChI=1S/C30H39N5O3/c1-38-21-20-35(18-6-5-11-26-14-12-24-10-7-17-31-29(24)33-26)19-16-27(30(36)37)34-28-15-13-25(22-32-28)23-8-3-2-4-9-23/h2-4,8-9,12-15,22,27H,5-7,10-11,16-21H2,1H3,(H,31,33)(H,32,34)(H,36,37)/t27-/m0/s1. The number of ether oxygens (including phenoxy) is 1. The lowest BCUT2D eigenvalue weighted by Gasteiger charge is -2.24. The number of unbranched alkanes of at least 4 members (excludes halogenated alkanes) is 1. The first-order chi connectivity index (χ1) is 18.6. The van der Waals surface area contributed by atoms with Gasteiger partial charge in [0.15, 0.2) is 0 Å². The second-order valence-corrected chi connectivity index (χ2v) is 9.75. The summed E-state index contributed by atoms with van der Waals surface area (Å²) in [7, 11) is 1.69. The lowest BCUT2D eigenvalue weighted by Crippen LogP contribution is -2.36. The number of carboxylic acid groups (broad SMARTS) is 1. The Morgan fingerprint density at radius 1 is 1.08 bits per heavy atom. The molecule has 1 atom stereocenters. The minimum absolute atomic E-state index is 0.471. The van der Waals surface area contributed by atoms with E-state index in [1.54, 1.807) is 13.3 Å². The third-order valence-corrected chi connectivity index (χ3v) is 6.95. The van der Waals surface area contributed by atoms with Crippen molar-refractivity contribution in [2.75, 3.05) is 50.5 Å². The van der Waals surface area contributed by atoms with E-state index < -0.39 is 12.0 Å². The largest absolute Gasteiger partial charge is 0.480 e. The van der Waals surface area contributed by atoms with Crippen LogP contribution in [0.3, 0.4) is 0 Å². The zero-order valence-electron chi connectivity index (χ0n) is 22.2. The highest BCUT2D eigenvalue weighted by atomic mass is 16.5. The van der Waals surface area contributed by atoms with Gasteiger partial charge in [0.1, 0.15) is 17.7 Å². The van der Waals surface area contributed by atoms with E-state index in [4.69, 9.17) is 9.72 Å². The van der Waals surface area contributed by atoms with E-state index in [1.165, 1.54) is 12.0 Å². The number of fused-ring (bicyclic) bond motifs is 1. The van der Waals surface area contributed by atoms with Gasteiger partial charge in [-0.3, -0.25) is 0 Å². The van der Waals surface area contributed by atoms with Crippen molar-refractivity contribution in [2.45, 2.75) is 44.6 Å². The summed E-state index contributed by atoms with van der Waals surface area (Å²) in [5.74, 6) is 0.733. The maximum Gasteiger partial charge on any atom is 0.326 e. The number of hydrogen-bond donors (Lipinski definition) is 3. The molecule has 0 spiro atoms. The topological polar surface area (TPSA) is 99.6 Å². The van der Waals surface area contributed by atoms with Crippen molar-refractivity contribution in [1.82, 2.24) is 14.9 Å². The molecule has 0 fully saturated rings. The fourth-order valence-electron chi connectivity index (χ4n) is 4.73. The van der Waals surface area contributed by atoms with Crippen LogP contribution in [-0.2, 0) is 22.4 Å². The molecular weight excluding hydrogens is 478 g/mol. The number of carbonyl (C=O) groups is 1. The van der Waals surface area contributed by atoms with E-state index in [-0.39, 0.29) is 0 Å². The number of hydrogen-bond acceptors (Lipinski definition) is 7. The summed E-state index contributed by atoms with van der Waals surface area (Å²) in [6.07, 6.45) is 7.51. The second-order valence-electron chi connectivity index (χ2n) is 9.75. The molecule has 38 heavy (non-hydrogen) atoms. The summed E-state index contributed by atoms with van der Waals surface area (Å²) in [6.45, 7) is 3.94. The van der Waals surface area contributed by atoms with Crippen molar-refractivity contribution < 1.29 is 14.6 Å². The monoisotopic (exact) mass is 517 g/mol. The summed E-state index contributed by atoms with van der Waals surface area (Å²) in [5.41, 5.74) is 4.52. The number of anilines is 2. The van der Waals surface area contributed by atoms with Crippen LogP contribution in [0.5, 0.6) is 0 Å². The summed E-state index contributed by atoms with van der Waals surface area (Å²) >= 11 is 0. The van der Waals surface area contributed by atoms with Crippen molar-refractivity contribution in [1.29, 1.82) is 0 Å². The van der Waals surface area contributed by atoms with E-state index in [0.717, 1.165) is 68.0 Å². The van der Waals surface area contributed by atoms with Crippen molar-refractivity contribution in [2.24, 2.45) is 0 Å². The summed E-state index contributed by atoms with van der Waals surface area (Å²) < 4.78 is 5.30. The molecule has 3 heterocycles. The molecule has 0 bridgehead atoms. The molecule has 0 aliphatic carbocycles. The number of benzene rings is 1. The smallest absolute Gasteiger partial charge is 0.326 e. The molecule has 1 aliphatic rings. The van der Waals surface area contributed by atoms with Crippen molar-refractivity contribution in [3.05, 3.63) is 72.1 Å². The van der Waals surface area contributed by atoms with E-state index in [1.807, 2.05) is 42.5 Å². The average Bonchev–Trinajstić information content (AvgIpc) is 2.96. The minimum Gasteiger partial charge on any atom is -0.480 e. The van der Waals surface area contributed by atoms with Crippen molar-refractivity contribution in [3.8, 4) is 11.1 Å². The van der Waals surface area contributed by atoms with Gasteiger partial charge in [0, 0.05) is 44.2 Å². The van der Waals surface area contributed by atoms with Gasteiger partial charge in [-0.05, 0) is 74.4 Å². The quantitative estimate of drug-likeness (QED) is 0.249. The molecule has 1 aliphatic heterocycles. The average molecular weight is 518 g/mol. The maximum atomic E-state index is 12.0. The molecular formula is C30H39N5O3. The predicted molar refractivity (Wildman–Crippen MR) is 152 cm³/mol. The number of methoxy groups -OCH3 is 1. The van der Waals surface area contributed by atoms with E-state index in [0.29, 0.717) is 25.4 Å². The zero-order valence-corrected chi connectivity index (χ0v) is 22.2. The van der Waals surface area contributed by atoms with Gasteiger partial charge in [0.2, 0.25) is 0 Å². The Kier molecular flexibility index (Phi) is 10.5. The number of nitrogens with one attached hydrogen (secondary N) is 2. The Bertz CT molecular complexity index is 1140. The molecule has 0 saturated heterocycles. The highest BCUT2D eigenvalue weighted by Gasteiger charge is 2.19. The van der Waals surface area contributed by atoms with Gasteiger partial charge >= 0.3 is 5.97 Å². The Hall–Kier alpha value is -3.49. The van der Waals surface area contributed by atoms with Crippen LogP contribution in [0.15, 0.2) is 60.8 Å². The normalized spacial score (nSPS) is 13.5. The Balaban J connectivity index is 1.25. The first-order valence-corrected chi connectivity index (χ1v) is 13.6. The fraction of sp³-hybridized carbons (Fsp3) is 0.433. The van der Waals surface area contributed by atoms with Gasteiger partial charge in [-0.25, -0.2) is 14.8 Å². The van der Waals surface area contributed by atoms with Crippen molar-refractivity contribution >= 4 is 17.6 Å². The molecule has 0 amide bonds. The zero-order chi connectivity index (χ0) is 26.6. The van der Waals surface area contributed by atoms with Crippen LogP contribution < -0.4 is 10.6 Å². The molecule has 0 radical (unpaired) electrons. The Morgan fingerprint density at radius 3 is 2.71 bits per heavy atom. The lowest BCUT2D eigenvalue weighted by atomic mass is 10.1. The molecule has 202 valence electrons. The molecule has 2 aromatic heterocycles. The van der Waals surface area contributed by atoms with Gasteiger partial charge < -0.3 is 25.4 Å². The van der Waals surface area contributed by atoms with E-state index in [9.17, 15) is 9.90 Å². The predicted octanol–water partition coefficient (Wildman–Crippen LogP) is 4.73. The molecule has 0 unspecified atom stereocenters. The molecule has 1 aromatic carbocycles. The number of pyridine rings is 2. The Labute approximate surface area is 225 Å². The third-order valence-electron chi connectivity index (χ3n) is 6.95. The number of nitrogens with zero attached hydrogens (tertiary/aromatic N) is 3. The van der Waals surface area contributed by atoms with E-state index >= 15 is 0 Å². The molecule has 4 rings (SSSR count). The van der Waals surface area contributed by atoms with Crippen LogP contribution in [0, 0.1) is 0 Å².